The van der Waals surface area contributed by atoms with Gasteiger partial charge in [0.25, 0.3) is 12.3 Å². The molecular weight excluding hydrogens is 664 g/mol. The van der Waals surface area contributed by atoms with Crippen LogP contribution in [-0.2, 0) is 14.9 Å². The number of halogens is 2. The third-order valence-electron chi connectivity index (χ3n) is 9.94. The van der Waals surface area contributed by atoms with Gasteiger partial charge in [0.15, 0.2) is 0 Å². The average Bonchev–Trinajstić information content (AvgIpc) is 4.06. The number of anilines is 2. The summed E-state index contributed by atoms with van der Waals surface area (Å²) >= 11 is 0. The number of benzene rings is 1. The number of nitrogens with one attached hydrogen (secondary N) is 3. The van der Waals surface area contributed by atoms with E-state index in [1.54, 1.807) is 19.2 Å². The normalized spacial score (nSPS) is 19.4. The quantitative estimate of drug-likeness (QED) is 0.0819. The molecule has 0 bridgehead atoms. The van der Waals surface area contributed by atoms with Crippen molar-refractivity contribution >= 4 is 39.3 Å². The van der Waals surface area contributed by atoms with Crippen molar-refractivity contribution in [2.75, 3.05) is 37.4 Å². The number of pyridine rings is 1. The predicted octanol–water partition coefficient (Wildman–Crippen LogP) is 3.26. The maximum Gasteiger partial charge on any atom is 0.280 e. The van der Waals surface area contributed by atoms with Crippen molar-refractivity contribution < 1.29 is 18.4 Å². The zero-order valence-corrected chi connectivity index (χ0v) is 29.7. The topological polar surface area (TPSA) is 159 Å². The van der Waals surface area contributed by atoms with Crippen LogP contribution in [0, 0.1) is 5.92 Å². The number of nitrogens with zero attached hydrogens (tertiary/aromatic N) is 5. The molecule has 1 aromatic carbocycles. The summed E-state index contributed by atoms with van der Waals surface area (Å²) in [6.45, 7) is 3.04. The van der Waals surface area contributed by atoms with Gasteiger partial charge in [-0.3, -0.25) is 14.5 Å². The number of allylic oxidation sites excluding steroid dienone is 1. The predicted molar refractivity (Wildman–Crippen MR) is 198 cm³/mol. The number of carbonyl (C=O) groups is 2. The Hall–Kier alpha value is -4.85. The first kappa shape index (κ1) is 36.9. The van der Waals surface area contributed by atoms with Crippen LogP contribution in [0.1, 0.15) is 74.6 Å². The Kier molecular flexibility index (Phi) is 10.7. The van der Waals surface area contributed by atoms with Crippen molar-refractivity contribution in [2.24, 2.45) is 17.4 Å². The zero-order valence-electron chi connectivity index (χ0n) is 29.7. The number of hydrogen-bond donors (Lipinski definition) is 5. The lowest BCUT2D eigenvalue weighted by molar-refractivity contribution is -0.117. The first-order valence-corrected chi connectivity index (χ1v) is 17.6. The van der Waals surface area contributed by atoms with E-state index < -0.39 is 11.8 Å². The summed E-state index contributed by atoms with van der Waals surface area (Å²) < 4.78 is 28.6. The first-order valence-electron chi connectivity index (χ1n) is 17.6. The Bertz CT molecular complexity index is 1870. The highest BCUT2D eigenvalue weighted by molar-refractivity contribution is 6.39. The number of carbonyl (C=O) groups excluding carboxylic acids is 2. The van der Waals surface area contributed by atoms with Gasteiger partial charge in [-0.2, -0.15) is 5.10 Å². The highest BCUT2D eigenvalue weighted by Crippen LogP contribution is 2.50. The van der Waals surface area contributed by atoms with Gasteiger partial charge in [0.2, 0.25) is 0 Å². The van der Waals surface area contributed by atoms with E-state index in [-0.39, 0.29) is 41.1 Å². The second-order valence-electron chi connectivity index (χ2n) is 13.8. The number of amides is 1. The van der Waals surface area contributed by atoms with E-state index in [9.17, 15) is 18.4 Å². The van der Waals surface area contributed by atoms with E-state index in [1.165, 1.54) is 12.1 Å². The van der Waals surface area contributed by atoms with Gasteiger partial charge >= 0.3 is 0 Å². The van der Waals surface area contributed by atoms with E-state index in [2.05, 4.69) is 32.8 Å². The molecule has 1 saturated heterocycles. The average molecular weight is 708 g/mol. The highest BCUT2D eigenvalue weighted by atomic mass is 19.3. The standard InChI is InChI=1S/C32H38B2F2N10O.C4H6O/c1-4-24-29-20(14-40-46(29)18-15-45(16-18)32(33,34)25-10-6-9-22(43-25)30(35)36)19-7-5-8-21(28(19)44(24)3)42-23(13-26(37)39-2)27(38)31(47)41-17-11-12-17;5-3-4-1-2-4/h5-10,13-14,17-18,24,30,39,42H,4,11-12,15-16,37-38H2,1-3H3,(H,41,47);3-4H,1-2H2/b26-13+,27-23+;. The molecule has 2 aliphatic carbocycles. The molecule has 1 atom stereocenters. The van der Waals surface area contributed by atoms with Crippen LogP contribution in [0.15, 0.2) is 65.9 Å². The summed E-state index contributed by atoms with van der Waals surface area (Å²) in [5, 5.41) is 12.5. The van der Waals surface area contributed by atoms with Crippen LogP contribution in [-0.4, -0.2) is 80.8 Å². The van der Waals surface area contributed by atoms with Crippen molar-refractivity contribution in [2.45, 2.75) is 68.9 Å². The lowest BCUT2D eigenvalue weighted by atomic mass is 9.57. The molecule has 16 heteroatoms. The summed E-state index contributed by atoms with van der Waals surface area (Å²) in [5.41, 5.74) is 17.4. The zero-order chi connectivity index (χ0) is 37.3. The van der Waals surface area contributed by atoms with E-state index >= 15 is 0 Å². The van der Waals surface area contributed by atoms with Crippen LogP contribution in [0.3, 0.4) is 0 Å². The van der Waals surface area contributed by atoms with Gasteiger partial charge in [0.1, 0.15) is 17.7 Å². The van der Waals surface area contributed by atoms with Crippen molar-refractivity contribution in [3.05, 3.63) is 83.0 Å². The monoisotopic (exact) mass is 708 g/mol. The smallest absolute Gasteiger partial charge is 0.280 e. The second-order valence-corrected chi connectivity index (χ2v) is 13.8. The second kappa shape index (κ2) is 15.0. The van der Waals surface area contributed by atoms with Crippen molar-refractivity contribution in [1.29, 1.82) is 0 Å². The van der Waals surface area contributed by atoms with E-state index in [0.717, 1.165) is 66.6 Å². The minimum atomic E-state index is -2.72. The number of para-hydroxylation sites is 1. The third-order valence-corrected chi connectivity index (χ3v) is 9.94. The molecule has 7 N–H and O–H groups in total. The molecule has 0 spiro atoms. The summed E-state index contributed by atoms with van der Waals surface area (Å²) in [5.74, 6) is 0.443. The largest absolute Gasteiger partial charge is 0.393 e. The van der Waals surface area contributed by atoms with Crippen molar-refractivity contribution in [1.82, 2.24) is 30.3 Å². The molecule has 2 aromatic heterocycles. The SMILES string of the molecule is O=CC1CC1.[B]C([B])(c1cccc(C(F)F)n1)N1CC(n2ncc3c2C(CC)N(C)c2c(NC(/C=C(\N)NC)=C(/N)C(=O)NC4CC4)cccc2-3)C1. The number of fused-ring (bicyclic) bond motifs is 3. The fraction of sp³-hybridized carbons (Fsp3) is 0.444. The van der Waals surface area contributed by atoms with Gasteiger partial charge < -0.3 is 42.0 Å². The number of likely N-dealkylation sites (tertiary alicyclic amines) is 1. The summed E-state index contributed by atoms with van der Waals surface area (Å²) in [6.07, 6.45) is 6.73. The number of nitrogens with two attached hydrogens (primary N) is 2. The van der Waals surface area contributed by atoms with Crippen LogP contribution in [0.5, 0.6) is 0 Å². The molecule has 52 heavy (non-hydrogen) atoms. The van der Waals surface area contributed by atoms with Crippen LogP contribution in [0.4, 0.5) is 20.2 Å². The Balaban J connectivity index is 0.000000856. The molecular formula is C36H44B2F2N10O2. The summed E-state index contributed by atoms with van der Waals surface area (Å²) in [6, 6.07) is 10.3. The Morgan fingerprint density at radius 2 is 1.81 bits per heavy atom. The Morgan fingerprint density at radius 3 is 2.40 bits per heavy atom. The number of alkyl halides is 2. The third kappa shape index (κ3) is 7.52. The van der Waals surface area contributed by atoms with E-state index in [1.807, 2.05) is 41.0 Å². The van der Waals surface area contributed by atoms with E-state index in [4.69, 9.17) is 32.3 Å². The minimum Gasteiger partial charge on any atom is -0.393 e. The lowest BCUT2D eigenvalue weighted by Gasteiger charge is -2.50. The number of rotatable bonds is 12. The Labute approximate surface area is 305 Å². The molecule has 4 aliphatic rings. The van der Waals surface area contributed by atoms with Gasteiger partial charge in [0.05, 0.1) is 62.6 Å². The molecule has 3 aromatic rings. The minimum absolute atomic E-state index is 0.0354. The maximum absolute atomic E-state index is 13.3. The fourth-order valence-corrected chi connectivity index (χ4v) is 6.52. The molecule has 2 aliphatic heterocycles. The van der Waals surface area contributed by atoms with E-state index in [0.29, 0.717) is 30.5 Å². The molecule has 7 rings (SSSR count). The molecule has 1 amide bonds. The van der Waals surface area contributed by atoms with Crippen LogP contribution < -0.4 is 32.3 Å². The highest BCUT2D eigenvalue weighted by Gasteiger charge is 2.43. The van der Waals surface area contributed by atoms with Gasteiger partial charge in [-0.1, -0.05) is 25.1 Å². The van der Waals surface area contributed by atoms with Gasteiger partial charge in [-0.25, -0.2) is 8.78 Å². The summed E-state index contributed by atoms with van der Waals surface area (Å²) in [7, 11) is 16.7. The van der Waals surface area contributed by atoms with Gasteiger partial charge in [-0.15, -0.1) is 0 Å². The molecule has 12 nitrogen and oxygen atoms in total. The fourth-order valence-electron chi connectivity index (χ4n) is 6.52. The lowest BCUT2D eigenvalue weighted by Crippen LogP contribution is -2.60. The maximum atomic E-state index is 13.3. The molecule has 2 saturated carbocycles. The summed E-state index contributed by atoms with van der Waals surface area (Å²) in [4.78, 5) is 30.5. The first-order chi connectivity index (χ1) is 24.9. The molecule has 3 fully saturated rings. The van der Waals surface area contributed by atoms with Crippen LogP contribution in [0.2, 0.25) is 0 Å². The van der Waals surface area contributed by atoms with Crippen LogP contribution in [0.25, 0.3) is 11.1 Å². The molecule has 270 valence electrons. The van der Waals surface area contributed by atoms with Crippen molar-refractivity contribution in [3.63, 3.8) is 0 Å². The number of aldehydes is 1. The molecule has 4 heterocycles. The molecule has 1 unspecified atom stereocenters. The Morgan fingerprint density at radius 1 is 1.10 bits per heavy atom. The number of aromatic nitrogens is 3. The van der Waals surface area contributed by atoms with Crippen LogP contribution >= 0.6 is 0 Å². The van der Waals surface area contributed by atoms with Gasteiger partial charge in [-0.05, 0) is 55.6 Å². The number of hydrogen-bond acceptors (Lipinski definition) is 10. The van der Waals surface area contributed by atoms with Gasteiger partial charge in [0, 0.05) is 62.0 Å². The molecule has 4 radical (unpaired) electrons. The van der Waals surface area contributed by atoms with Crippen molar-refractivity contribution in [3.8, 4) is 11.1 Å².